The van der Waals surface area contributed by atoms with Gasteiger partial charge >= 0.3 is 6.09 Å². The van der Waals surface area contributed by atoms with E-state index in [0.29, 0.717) is 6.42 Å². The van der Waals surface area contributed by atoms with Gasteiger partial charge in [0.1, 0.15) is 0 Å². The average Bonchev–Trinajstić information content (AvgIpc) is 2.64. The Morgan fingerprint density at radius 3 is 2.69 bits per heavy atom. The van der Waals surface area contributed by atoms with Crippen molar-refractivity contribution in [1.29, 1.82) is 0 Å². The van der Waals surface area contributed by atoms with Gasteiger partial charge in [-0.2, -0.15) is 0 Å². The van der Waals surface area contributed by atoms with Crippen LogP contribution >= 0.6 is 0 Å². The van der Waals surface area contributed by atoms with E-state index < -0.39 is 6.09 Å². The summed E-state index contributed by atoms with van der Waals surface area (Å²) in [7, 11) is 0. The normalized spacial score (nSPS) is 30.5. The van der Waals surface area contributed by atoms with Crippen molar-refractivity contribution in [2.24, 2.45) is 0 Å². The first-order valence-electron chi connectivity index (χ1n) is 5.97. The van der Waals surface area contributed by atoms with Crippen LogP contribution in [0.25, 0.3) is 0 Å². The van der Waals surface area contributed by atoms with Crippen LogP contribution in [-0.4, -0.2) is 40.6 Å². The van der Waals surface area contributed by atoms with Crippen molar-refractivity contribution < 1.29 is 14.7 Å². The smallest absolute Gasteiger partial charge is 0.404 e. The van der Waals surface area contributed by atoms with Crippen LogP contribution in [-0.2, 0) is 4.79 Å². The number of hydrogen-bond acceptors (Lipinski definition) is 2. The summed E-state index contributed by atoms with van der Waals surface area (Å²) >= 11 is 0. The number of likely N-dealkylation sites (tertiary alicyclic amines) is 1. The van der Waals surface area contributed by atoms with Crippen molar-refractivity contribution in [3.8, 4) is 0 Å². The molecule has 2 fully saturated rings. The van der Waals surface area contributed by atoms with Gasteiger partial charge in [0.25, 0.3) is 0 Å². The maximum absolute atomic E-state index is 11.7. The Labute approximate surface area is 94.8 Å². The molecule has 0 aromatic rings. The summed E-state index contributed by atoms with van der Waals surface area (Å²) < 4.78 is 0. The minimum Gasteiger partial charge on any atom is -0.465 e. The van der Waals surface area contributed by atoms with Crippen molar-refractivity contribution >= 4 is 12.0 Å². The molecule has 5 nitrogen and oxygen atoms in total. The van der Waals surface area contributed by atoms with Crippen LogP contribution in [0.3, 0.4) is 0 Å². The molecule has 2 N–H and O–H groups in total. The second-order valence-electron chi connectivity index (χ2n) is 4.60. The van der Waals surface area contributed by atoms with E-state index in [1.54, 1.807) is 0 Å². The van der Waals surface area contributed by atoms with Crippen molar-refractivity contribution in [2.75, 3.05) is 6.54 Å². The summed E-state index contributed by atoms with van der Waals surface area (Å²) in [4.78, 5) is 24.2. The molecule has 0 radical (unpaired) electrons. The van der Waals surface area contributed by atoms with Crippen molar-refractivity contribution in [1.82, 2.24) is 10.2 Å². The van der Waals surface area contributed by atoms with Crippen LogP contribution in [0.15, 0.2) is 0 Å². The molecule has 90 valence electrons. The molecule has 16 heavy (non-hydrogen) atoms. The van der Waals surface area contributed by atoms with Gasteiger partial charge in [-0.3, -0.25) is 4.79 Å². The van der Waals surface area contributed by atoms with Crippen LogP contribution in [0.2, 0.25) is 0 Å². The first-order valence-corrected chi connectivity index (χ1v) is 5.97. The van der Waals surface area contributed by atoms with Crippen LogP contribution in [0.5, 0.6) is 0 Å². The second-order valence-corrected chi connectivity index (χ2v) is 4.60. The zero-order valence-electron chi connectivity index (χ0n) is 9.32. The van der Waals surface area contributed by atoms with Crippen LogP contribution < -0.4 is 5.32 Å². The van der Waals surface area contributed by atoms with Gasteiger partial charge in [0.05, 0.1) is 12.1 Å². The lowest BCUT2D eigenvalue weighted by Gasteiger charge is -2.37. The number of carbonyl (C=O) groups is 2. The number of amides is 2. The maximum atomic E-state index is 11.7. The second kappa shape index (κ2) is 4.72. The fourth-order valence-electron chi connectivity index (χ4n) is 2.83. The molecular formula is C11H18N2O3. The quantitative estimate of drug-likeness (QED) is 0.743. The Hall–Kier alpha value is -1.26. The number of nitrogens with zero attached hydrogens (tertiary/aromatic N) is 1. The Balaban J connectivity index is 2.03. The molecule has 5 heteroatoms. The van der Waals surface area contributed by atoms with E-state index in [4.69, 9.17) is 5.11 Å². The molecule has 1 heterocycles. The Morgan fingerprint density at radius 1 is 1.31 bits per heavy atom. The minimum absolute atomic E-state index is 0.0756. The first-order chi connectivity index (χ1) is 7.68. The minimum atomic E-state index is -0.983. The predicted molar refractivity (Wildman–Crippen MR) is 58.2 cm³/mol. The van der Waals surface area contributed by atoms with Crippen LogP contribution in [0.4, 0.5) is 4.79 Å². The first kappa shape index (κ1) is 11.2. The van der Waals surface area contributed by atoms with Crippen molar-refractivity contribution in [3.05, 3.63) is 0 Å². The summed E-state index contributed by atoms with van der Waals surface area (Å²) in [5, 5.41) is 11.3. The van der Waals surface area contributed by atoms with E-state index in [1.807, 2.05) is 4.90 Å². The highest BCUT2D eigenvalue weighted by Gasteiger charge is 2.35. The molecule has 2 atom stereocenters. The molecule has 2 rings (SSSR count). The molecular weight excluding hydrogens is 208 g/mol. The molecule has 2 aliphatic rings. The molecule has 1 saturated heterocycles. The zero-order valence-corrected chi connectivity index (χ0v) is 9.32. The highest BCUT2D eigenvalue weighted by Crippen LogP contribution is 2.26. The molecule has 1 aliphatic heterocycles. The molecule has 0 aromatic carbocycles. The van der Waals surface area contributed by atoms with Gasteiger partial charge in [-0.25, -0.2) is 4.79 Å². The van der Waals surface area contributed by atoms with Gasteiger partial charge in [0.15, 0.2) is 0 Å². The number of carboxylic acid groups (broad SMARTS) is 1. The van der Waals surface area contributed by atoms with Crippen LogP contribution in [0, 0.1) is 0 Å². The number of carbonyl (C=O) groups excluding carboxylic acids is 1. The predicted octanol–water partition coefficient (Wildman–Crippen LogP) is 1.19. The molecule has 1 saturated carbocycles. The van der Waals surface area contributed by atoms with Gasteiger partial charge in [0.2, 0.25) is 5.91 Å². The van der Waals surface area contributed by atoms with Gasteiger partial charge in [0, 0.05) is 13.0 Å². The van der Waals surface area contributed by atoms with E-state index >= 15 is 0 Å². The molecule has 0 unspecified atom stereocenters. The van der Waals surface area contributed by atoms with E-state index in [1.165, 1.54) is 0 Å². The lowest BCUT2D eigenvalue weighted by atomic mass is 9.89. The van der Waals surface area contributed by atoms with E-state index in [2.05, 4.69) is 5.32 Å². The Bertz CT molecular complexity index is 293. The van der Waals surface area contributed by atoms with E-state index in [0.717, 1.165) is 38.6 Å². The number of nitrogens with one attached hydrogen (secondary N) is 1. The summed E-state index contributed by atoms with van der Waals surface area (Å²) in [6.07, 6.45) is 4.46. The SMILES string of the molecule is O=C(O)N[C@@H]1CCCC[C@H]1N1CCCC1=O. The van der Waals surface area contributed by atoms with Crippen molar-refractivity contribution in [3.63, 3.8) is 0 Å². The van der Waals surface area contributed by atoms with E-state index in [9.17, 15) is 9.59 Å². The largest absolute Gasteiger partial charge is 0.465 e. The fraction of sp³-hybridized carbons (Fsp3) is 0.818. The Kier molecular flexibility index (Phi) is 3.31. The lowest BCUT2D eigenvalue weighted by Crippen LogP contribution is -2.53. The van der Waals surface area contributed by atoms with Gasteiger partial charge < -0.3 is 15.3 Å². The highest BCUT2D eigenvalue weighted by molar-refractivity contribution is 5.78. The maximum Gasteiger partial charge on any atom is 0.404 e. The lowest BCUT2D eigenvalue weighted by molar-refractivity contribution is -0.130. The summed E-state index contributed by atoms with van der Waals surface area (Å²) in [6.45, 7) is 0.793. The molecule has 2 amide bonds. The number of rotatable bonds is 2. The van der Waals surface area contributed by atoms with Gasteiger partial charge in [-0.15, -0.1) is 0 Å². The third-order valence-electron chi connectivity index (χ3n) is 3.55. The molecule has 0 bridgehead atoms. The van der Waals surface area contributed by atoms with E-state index in [-0.39, 0.29) is 18.0 Å². The summed E-state index contributed by atoms with van der Waals surface area (Å²) in [5.74, 6) is 0.184. The number of hydrogen-bond donors (Lipinski definition) is 2. The molecule has 0 aromatic heterocycles. The standard InChI is InChI=1S/C11H18N2O3/c14-10-6-3-7-13(10)9-5-2-1-4-8(9)12-11(15)16/h8-9,12H,1-7H2,(H,15,16)/t8-,9-/m1/s1. The zero-order chi connectivity index (χ0) is 11.5. The Morgan fingerprint density at radius 2 is 2.06 bits per heavy atom. The third kappa shape index (κ3) is 2.28. The monoisotopic (exact) mass is 226 g/mol. The van der Waals surface area contributed by atoms with Gasteiger partial charge in [-0.05, 0) is 19.3 Å². The molecule has 0 spiro atoms. The fourth-order valence-corrected chi connectivity index (χ4v) is 2.83. The van der Waals surface area contributed by atoms with Crippen LogP contribution in [0.1, 0.15) is 38.5 Å². The highest BCUT2D eigenvalue weighted by atomic mass is 16.4. The summed E-state index contributed by atoms with van der Waals surface area (Å²) in [5.41, 5.74) is 0. The summed E-state index contributed by atoms with van der Waals surface area (Å²) in [6, 6.07) is 0.00755. The third-order valence-corrected chi connectivity index (χ3v) is 3.55. The van der Waals surface area contributed by atoms with Crippen molar-refractivity contribution in [2.45, 2.75) is 50.6 Å². The van der Waals surface area contributed by atoms with Gasteiger partial charge in [-0.1, -0.05) is 12.8 Å². The topological polar surface area (TPSA) is 69.6 Å². The average molecular weight is 226 g/mol. The molecule has 1 aliphatic carbocycles.